The number of para-hydroxylation sites is 1. The molecule has 0 fully saturated rings. The van der Waals surface area contributed by atoms with Crippen molar-refractivity contribution in [2.24, 2.45) is 0 Å². The van der Waals surface area contributed by atoms with Gasteiger partial charge in [-0.25, -0.2) is 4.68 Å². The number of hydrogen-bond acceptors (Lipinski definition) is 3. The molecule has 1 heterocycles. The number of nitrogens with zero attached hydrogens (tertiary/aromatic N) is 1. The van der Waals surface area contributed by atoms with Gasteiger partial charge in [-0.3, -0.25) is 14.7 Å². The normalized spacial score (nSPS) is 10.4. The van der Waals surface area contributed by atoms with Crippen LogP contribution in [0, 0.1) is 0 Å². The molecule has 0 saturated heterocycles. The molecule has 6 heteroatoms. The van der Waals surface area contributed by atoms with E-state index in [0.29, 0.717) is 22.8 Å². The number of nitrogens with two attached hydrogens (primary N) is 1. The highest BCUT2D eigenvalue weighted by atomic mass is 16.2. The first-order valence-corrected chi connectivity index (χ1v) is 6.68. The molecule has 1 aromatic heterocycles. The predicted octanol–water partition coefficient (Wildman–Crippen LogP) is 2.00. The number of carbonyl (C=O) groups excluding carboxylic acids is 1. The molecule has 0 spiro atoms. The number of H-pyrrole nitrogens is 1. The Morgan fingerprint density at radius 1 is 1.05 bits per heavy atom. The van der Waals surface area contributed by atoms with Crippen LogP contribution in [0.1, 0.15) is 10.4 Å². The average molecular weight is 294 g/mol. The number of carbonyl (C=O) groups is 1. The Bertz CT molecular complexity index is 865. The molecule has 0 saturated carbocycles. The highest BCUT2D eigenvalue weighted by Gasteiger charge is 2.10. The molecule has 0 aliphatic heterocycles. The lowest BCUT2D eigenvalue weighted by atomic mass is 10.2. The first-order valence-electron chi connectivity index (χ1n) is 6.68. The summed E-state index contributed by atoms with van der Waals surface area (Å²) in [6, 6.07) is 17.0. The number of rotatable bonds is 3. The van der Waals surface area contributed by atoms with Crippen LogP contribution >= 0.6 is 0 Å². The van der Waals surface area contributed by atoms with Crippen LogP contribution in [-0.4, -0.2) is 15.7 Å². The second-order valence-electron chi connectivity index (χ2n) is 4.76. The zero-order chi connectivity index (χ0) is 15.5. The molecule has 2 aromatic carbocycles. The fourth-order valence-corrected chi connectivity index (χ4v) is 2.10. The Morgan fingerprint density at radius 3 is 2.55 bits per heavy atom. The van der Waals surface area contributed by atoms with Gasteiger partial charge in [-0.05, 0) is 30.3 Å². The summed E-state index contributed by atoms with van der Waals surface area (Å²) in [5, 5.41) is 5.50. The van der Waals surface area contributed by atoms with E-state index in [9.17, 15) is 9.59 Å². The summed E-state index contributed by atoms with van der Waals surface area (Å²) in [6.45, 7) is 0. The minimum Gasteiger partial charge on any atom is -0.399 e. The molecule has 0 aliphatic rings. The van der Waals surface area contributed by atoms with Crippen LogP contribution < -0.4 is 16.6 Å². The third-order valence-corrected chi connectivity index (χ3v) is 3.13. The maximum Gasteiger partial charge on any atom is 0.273 e. The van der Waals surface area contributed by atoms with Crippen LogP contribution in [0.4, 0.5) is 11.5 Å². The van der Waals surface area contributed by atoms with Crippen molar-refractivity contribution < 1.29 is 4.79 Å². The molecule has 6 nitrogen and oxygen atoms in total. The highest BCUT2D eigenvalue weighted by molar-refractivity contribution is 6.04. The largest absolute Gasteiger partial charge is 0.399 e. The number of anilines is 2. The second-order valence-corrected chi connectivity index (χ2v) is 4.76. The molecule has 110 valence electrons. The first-order chi connectivity index (χ1) is 10.6. The molecule has 22 heavy (non-hydrogen) atoms. The van der Waals surface area contributed by atoms with Gasteiger partial charge in [-0.1, -0.05) is 24.3 Å². The van der Waals surface area contributed by atoms with Gasteiger partial charge in [0.2, 0.25) is 0 Å². The Morgan fingerprint density at radius 2 is 1.82 bits per heavy atom. The molecule has 0 aliphatic carbocycles. The van der Waals surface area contributed by atoms with Crippen LogP contribution in [0.5, 0.6) is 0 Å². The molecule has 1 amide bonds. The number of nitrogens with one attached hydrogen (secondary N) is 2. The summed E-state index contributed by atoms with van der Waals surface area (Å²) < 4.78 is 1.36. The SMILES string of the molecule is Nc1cccc(C(=O)Nc2cc(=O)n(-c3ccccc3)[nH]2)c1. The maximum absolute atomic E-state index is 12.1. The van der Waals surface area contributed by atoms with E-state index in [1.165, 1.54) is 10.7 Å². The van der Waals surface area contributed by atoms with Crippen molar-refractivity contribution in [3.05, 3.63) is 76.6 Å². The smallest absolute Gasteiger partial charge is 0.273 e. The molecule has 4 N–H and O–H groups in total. The van der Waals surface area contributed by atoms with E-state index in [4.69, 9.17) is 5.73 Å². The standard InChI is InChI=1S/C16H14N4O2/c17-12-6-4-5-11(9-12)16(22)18-14-10-15(21)20(19-14)13-7-2-1-3-8-13/h1-10,19H,17H2,(H,18,22). The number of amides is 1. The van der Waals surface area contributed by atoms with Crippen molar-refractivity contribution in [2.45, 2.75) is 0 Å². The highest BCUT2D eigenvalue weighted by Crippen LogP contribution is 2.10. The Balaban J connectivity index is 1.85. The Hall–Kier alpha value is -3.28. The molecule has 0 unspecified atom stereocenters. The molecule has 0 radical (unpaired) electrons. The summed E-state index contributed by atoms with van der Waals surface area (Å²) in [7, 11) is 0. The minimum atomic E-state index is -0.339. The Kier molecular flexibility index (Phi) is 3.49. The number of hydrogen-bond donors (Lipinski definition) is 3. The van der Waals surface area contributed by atoms with E-state index in [2.05, 4.69) is 10.4 Å². The number of aromatic nitrogens is 2. The van der Waals surface area contributed by atoms with Gasteiger partial charge in [-0.2, -0.15) is 0 Å². The third kappa shape index (κ3) is 2.76. The van der Waals surface area contributed by atoms with Crippen LogP contribution in [0.3, 0.4) is 0 Å². The number of benzene rings is 2. The van der Waals surface area contributed by atoms with Gasteiger partial charge >= 0.3 is 0 Å². The zero-order valence-electron chi connectivity index (χ0n) is 11.6. The second kappa shape index (κ2) is 5.61. The van der Waals surface area contributed by atoms with Crippen molar-refractivity contribution in [3.63, 3.8) is 0 Å². The maximum atomic E-state index is 12.1. The molecular formula is C16H14N4O2. The fourth-order valence-electron chi connectivity index (χ4n) is 2.10. The minimum absolute atomic E-state index is 0.255. The summed E-state index contributed by atoms with van der Waals surface area (Å²) in [4.78, 5) is 24.1. The molecule has 3 rings (SSSR count). The molecule has 3 aromatic rings. The van der Waals surface area contributed by atoms with E-state index in [1.54, 1.807) is 36.4 Å². The van der Waals surface area contributed by atoms with Crippen LogP contribution in [0.2, 0.25) is 0 Å². The Labute approximate surface area is 126 Å². The molecular weight excluding hydrogens is 280 g/mol. The van der Waals surface area contributed by atoms with E-state index in [0.717, 1.165) is 0 Å². The van der Waals surface area contributed by atoms with E-state index in [-0.39, 0.29) is 11.5 Å². The quantitative estimate of drug-likeness (QED) is 0.645. The fraction of sp³-hybridized carbons (Fsp3) is 0. The van der Waals surface area contributed by atoms with Crippen LogP contribution in [0.15, 0.2) is 65.5 Å². The lowest BCUT2D eigenvalue weighted by Crippen LogP contribution is -2.13. The predicted molar refractivity (Wildman–Crippen MR) is 85.2 cm³/mol. The van der Waals surface area contributed by atoms with E-state index >= 15 is 0 Å². The number of nitrogen functional groups attached to an aromatic ring is 1. The van der Waals surface area contributed by atoms with Crippen molar-refractivity contribution in [2.75, 3.05) is 11.1 Å². The summed E-state index contributed by atoms with van der Waals surface area (Å²) in [5.41, 5.74) is 7.02. The van der Waals surface area contributed by atoms with Crippen LogP contribution in [0.25, 0.3) is 5.69 Å². The monoisotopic (exact) mass is 294 g/mol. The van der Waals surface area contributed by atoms with Gasteiger partial charge in [-0.15, -0.1) is 0 Å². The third-order valence-electron chi connectivity index (χ3n) is 3.13. The van der Waals surface area contributed by atoms with Gasteiger partial charge in [0.15, 0.2) is 0 Å². The van der Waals surface area contributed by atoms with Crippen molar-refractivity contribution in [1.29, 1.82) is 0 Å². The van der Waals surface area contributed by atoms with Gasteiger partial charge in [0.25, 0.3) is 11.5 Å². The van der Waals surface area contributed by atoms with Crippen molar-refractivity contribution in [1.82, 2.24) is 9.78 Å². The van der Waals surface area contributed by atoms with Gasteiger partial charge in [0, 0.05) is 17.3 Å². The molecule has 0 atom stereocenters. The van der Waals surface area contributed by atoms with E-state index in [1.807, 2.05) is 18.2 Å². The van der Waals surface area contributed by atoms with Gasteiger partial charge in [0.05, 0.1) is 5.69 Å². The zero-order valence-corrected chi connectivity index (χ0v) is 11.6. The number of aromatic amines is 1. The lowest BCUT2D eigenvalue weighted by Gasteiger charge is -2.04. The summed E-state index contributed by atoms with van der Waals surface area (Å²) in [6.07, 6.45) is 0. The molecule has 0 bridgehead atoms. The topological polar surface area (TPSA) is 92.9 Å². The van der Waals surface area contributed by atoms with Gasteiger partial charge in [0.1, 0.15) is 5.82 Å². The average Bonchev–Trinajstić information content (AvgIpc) is 2.88. The van der Waals surface area contributed by atoms with Gasteiger partial charge < -0.3 is 11.1 Å². The summed E-state index contributed by atoms with van der Waals surface area (Å²) in [5.74, 6) is -0.0185. The van der Waals surface area contributed by atoms with Crippen LogP contribution in [-0.2, 0) is 0 Å². The summed E-state index contributed by atoms with van der Waals surface area (Å²) >= 11 is 0. The first kappa shape index (κ1) is 13.7. The van der Waals surface area contributed by atoms with Crippen molar-refractivity contribution >= 4 is 17.4 Å². The lowest BCUT2D eigenvalue weighted by molar-refractivity contribution is 0.102. The van der Waals surface area contributed by atoms with Crippen molar-refractivity contribution in [3.8, 4) is 5.69 Å². The van der Waals surface area contributed by atoms with E-state index < -0.39 is 0 Å².